The van der Waals surface area contributed by atoms with Gasteiger partial charge in [-0.15, -0.1) is 0 Å². The molecule has 45 heavy (non-hydrogen) atoms. The van der Waals surface area contributed by atoms with Crippen molar-refractivity contribution in [3.05, 3.63) is 82.4 Å². The van der Waals surface area contributed by atoms with Crippen LogP contribution in [0.25, 0.3) is 0 Å². The maximum Gasteiger partial charge on any atom is 0.264 e. The van der Waals surface area contributed by atoms with Crippen molar-refractivity contribution >= 4 is 34.8 Å². The van der Waals surface area contributed by atoms with E-state index in [1.807, 2.05) is 48.5 Å². The van der Waals surface area contributed by atoms with Crippen molar-refractivity contribution in [3.8, 4) is 23.3 Å². The highest BCUT2D eigenvalue weighted by atomic mass is 35.5. The van der Waals surface area contributed by atoms with E-state index < -0.39 is 0 Å². The van der Waals surface area contributed by atoms with Crippen LogP contribution in [0.3, 0.4) is 0 Å². The summed E-state index contributed by atoms with van der Waals surface area (Å²) >= 11 is 12.0. The number of nitrogens with zero attached hydrogens (tertiary/aromatic N) is 6. The van der Waals surface area contributed by atoms with E-state index in [-0.39, 0.29) is 0 Å². The Morgan fingerprint density at radius 2 is 1.00 bits per heavy atom. The summed E-state index contributed by atoms with van der Waals surface area (Å²) in [5.74, 6) is 3.71. The van der Waals surface area contributed by atoms with Gasteiger partial charge in [0.1, 0.15) is 11.5 Å². The summed E-state index contributed by atoms with van der Waals surface area (Å²) in [7, 11) is 0. The van der Waals surface area contributed by atoms with Gasteiger partial charge in [0.25, 0.3) is 11.8 Å². The molecule has 2 fully saturated rings. The summed E-state index contributed by atoms with van der Waals surface area (Å²) in [4.78, 5) is 23.8. The fourth-order valence-corrected chi connectivity index (χ4v) is 5.31. The molecule has 2 aromatic heterocycles. The Labute approximate surface area is 272 Å². The Balaban J connectivity index is 1.20. The van der Waals surface area contributed by atoms with Crippen LogP contribution in [-0.4, -0.2) is 85.5 Å². The molecule has 0 unspecified atom stereocenters. The lowest BCUT2D eigenvalue weighted by molar-refractivity contribution is 0.320. The molecule has 2 aliphatic heterocycles. The molecule has 4 heterocycles. The number of aromatic nitrogens is 4. The molecule has 0 spiro atoms. The molecule has 0 radical (unpaired) electrons. The lowest BCUT2D eigenvalue weighted by atomic mass is 10.3. The molecule has 0 saturated carbocycles. The maximum absolute atomic E-state index is 6.47. The second kappa shape index (κ2) is 15.4. The van der Waals surface area contributed by atoms with Crippen molar-refractivity contribution in [3.63, 3.8) is 0 Å². The van der Waals surface area contributed by atoms with E-state index in [4.69, 9.17) is 57.3 Å². The molecule has 6 rings (SSSR count). The fourth-order valence-electron chi connectivity index (χ4n) is 5.06. The predicted molar refractivity (Wildman–Crippen MR) is 176 cm³/mol. The third kappa shape index (κ3) is 8.64. The van der Waals surface area contributed by atoms with Crippen LogP contribution in [0, 0.1) is 0 Å². The Kier molecular flexibility index (Phi) is 10.6. The van der Waals surface area contributed by atoms with Gasteiger partial charge in [-0.05, 0) is 48.5 Å². The zero-order valence-electron chi connectivity index (χ0n) is 24.9. The largest absolute Gasteiger partial charge is 0.493 e. The first kappa shape index (κ1) is 31.1. The van der Waals surface area contributed by atoms with Crippen LogP contribution in [0.2, 0.25) is 10.0 Å². The highest BCUT2D eigenvalue weighted by Gasteiger charge is 2.24. The first-order chi connectivity index (χ1) is 22.1. The Morgan fingerprint density at radius 3 is 1.40 bits per heavy atom. The van der Waals surface area contributed by atoms with Crippen molar-refractivity contribution in [1.29, 1.82) is 0 Å². The molecular weight excluding hydrogens is 615 g/mol. The minimum atomic E-state index is 0.406. The van der Waals surface area contributed by atoms with Crippen LogP contribution >= 0.6 is 23.2 Å². The van der Waals surface area contributed by atoms with E-state index in [0.717, 1.165) is 75.2 Å². The zero-order valence-corrected chi connectivity index (χ0v) is 26.4. The van der Waals surface area contributed by atoms with Crippen molar-refractivity contribution in [2.75, 3.05) is 75.4 Å². The maximum atomic E-state index is 6.47. The summed E-state index contributed by atoms with van der Waals surface area (Å²) in [5.41, 5.74) is 1.63. The van der Waals surface area contributed by atoms with Crippen LogP contribution in [0.1, 0.15) is 11.4 Å². The molecule has 11 nitrogen and oxygen atoms in total. The minimum absolute atomic E-state index is 0.406. The molecule has 0 aliphatic carbocycles. The van der Waals surface area contributed by atoms with Crippen LogP contribution in [0.4, 0.5) is 11.6 Å². The molecule has 2 aliphatic rings. The van der Waals surface area contributed by atoms with Crippen molar-refractivity contribution in [1.82, 2.24) is 30.6 Å². The molecule has 2 saturated heterocycles. The Morgan fingerprint density at radius 1 is 0.600 bits per heavy atom. The molecule has 2 N–H and O–H groups in total. The van der Waals surface area contributed by atoms with Gasteiger partial charge in [0.05, 0.1) is 37.0 Å². The van der Waals surface area contributed by atoms with E-state index in [9.17, 15) is 0 Å². The van der Waals surface area contributed by atoms with E-state index in [2.05, 4.69) is 20.4 Å². The van der Waals surface area contributed by atoms with Crippen molar-refractivity contribution in [2.24, 2.45) is 0 Å². The van der Waals surface area contributed by atoms with Crippen molar-refractivity contribution < 1.29 is 14.2 Å². The Bertz CT molecular complexity index is 1420. The van der Waals surface area contributed by atoms with E-state index in [1.165, 1.54) is 0 Å². The summed E-state index contributed by atoms with van der Waals surface area (Å²) in [5, 5.41) is 8.15. The fraction of sp³-hybridized carbons (Fsp3) is 0.375. The van der Waals surface area contributed by atoms with E-state index in [0.29, 0.717) is 59.5 Å². The number of ether oxygens (including phenoxy) is 3. The standard InChI is InChI=1S/C32H36Cl2N8O3/c33-23-1-5-27(6-2-23)43-19-9-25-21-37-31(29(39-25)41-15-11-35-12-16-41)45-32-30(42-17-13-36-14-18-42)40-26(22-38-32)10-20-44-28-7-3-24(34)4-8-28/h1-8,21-22,35-36H,9-20H2. The van der Waals surface area contributed by atoms with Gasteiger partial charge in [-0.3, -0.25) is 0 Å². The average molecular weight is 652 g/mol. The van der Waals surface area contributed by atoms with Crippen LogP contribution in [0.15, 0.2) is 60.9 Å². The molecule has 236 valence electrons. The van der Waals surface area contributed by atoms with Gasteiger partial charge in [0, 0.05) is 75.2 Å². The highest BCUT2D eigenvalue weighted by Crippen LogP contribution is 2.33. The van der Waals surface area contributed by atoms with E-state index >= 15 is 0 Å². The Hall–Kier alpha value is -3.90. The number of benzene rings is 2. The van der Waals surface area contributed by atoms with Gasteiger partial charge >= 0.3 is 0 Å². The third-order valence-electron chi connectivity index (χ3n) is 7.45. The van der Waals surface area contributed by atoms with Crippen LogP contribution < -0.4 is 34.6 Å². The molecule has 0 bridgehead atoms. The van der Waals surface area contributed by atoms with Crippen molar-refractivity contribution in [2.45, 2.75) is 12.8 Å². The van der Waals surface area contributed by atoms with Crippen LogP contribution in [0.5, 0.6) is 23.3 Å². The van der Waals surface area contributed by atoms with Gasteiger partial charge < -0.3 is 34.6 Å². The normalized spacial score (nSPS) is 15.2. The van der Waals surface area contributed by atoms with Gasteiger partial charge in [0.15, 0.2) is 11.6 Å². The lowest BCUT2D eigenvalue weighted by Crippen LogP contribution is -2.44. The number of rotatable bonds is 12. The van der Waals surface area contributed by atoms with Crippen LogP contribution in [-0.2, 0) is 12.8 Å². The monoisotopic (exact) mass is 650 g/mol. The smallest absolute Gasteiger partial charge is 0.264 e. The third-order valence-corrected chi connectivity index (χ3v) is 7.95. The number of halogens is 2. The average Bonchev–Trinajstić information content (AvgIpc) is 3.08. The quantitative estimate of drug-likeness (QED) is 0.227. The first-order valence-electron chi connectivity index (χ1n) is 15.2. The summed E-state index contributed by atoms with van der Waals surface area (Å²) < 4.78 is 18.3. The molecular formula is C32H36Cl2N8O3. The number of hydrogen-bond donors (Lipinski definition) is 2. The molecule has 0 amide bonds. The molecule has 13 heteroatoms. The summed E-state index contributed by atoms with van der Waals surface area (Å²) in [6.45, 7) is 7.48. The summed E-state index contributed by atoms with van der Waals surface area (Å²) in [6.07, 6.45) is 4.67. The molecule has 2 aromatic carbocycles. The first-order valence-corrected chi connectivity index (χ1v) is 15.9. The van der Waals surface area contributed by atoms with Gasteiger partial charge in [-0.25, -0.2) is 19.9 Å². The lowest BCUT2D eigenvalue weighted by Gasteiger charge is -2.31. The minimum Gasteiger partial charge on any atom is -0.493 e. The van der Waals surface area contributed by atoms with Gasteiger partial charge in [-0.2, -0.15) is 0 Å². The predicted octanol–water partition coefficient (Wildman–Crippen LogP) is 4.43. The number of hydrogen-bond acceptors (Lipinski definition) is 11. The molecule has 4 aromatic rings. The van der Waals surface area contributed by atoms with E-state index in [1.54, 1.807) is 12.4 Å². The highest BCUT2D eigenvalue weighted by molar-refractivity contribution is 6.30. The number of nitrogens with one attached hydrogen (secondary N) is 2. The number of piperazine rings is 2. The number of anilines is 2. The topological polar surface area (TPSA) is 110 Å². The zero-order chi connectivity index (χ0) is 30.8. The second-order valence-electron chi connectivity index (χ2n) is 10.7. The summed E-state index contributed by atoms with van der Waals surface area (Å²) in [6, 6.07) is 14.7. The SMILES string of the molecule is Clc1ccc(OCCc2cnc(Oc3ncc(CCOc4ccc(Cl)cc4)nc3N3CCNCC3)c(N3CCNCC3)n2)cc1. The second-order valence-corrected chi connectivity index (χ2v) is 11.5. The molecule has 0 atom stereocenters. The van der Waals surface area contributed by atoms with Gasteiger partial charge in [0.2, 0.25) is 0 Å². The van der Waals surface area contributed by atoms with Gasteiger partial charge in [-0.1, -0.05) is 23.2 Å².